The first-order chi connectivity index (χ1) is 13.8. The number of benzene rings is 2. The van der Waals surface area contributed by atoms with Gasteiger partial charge in [0.15, 0.2) is 0 Å². The summed E-state index contributed by atoms with van der Waals surface area (Å²) in [7, 11) is -4.09. The fourth-order valence-electron chi connectivity index (χ4n) is 3.79. The molecule has 1 saturated heterocycles. The van der Waals surface area contributed by atoms with Gasteiger partial charge in [0, 0.05) is 12.8 Å². The van der Waals surface area contributed by atoms with Crippen LogP contribution >= 0.6 is 0 Å². The molecule has 0 radical (unpaired) electrons. The molecule has 4 rings (SSSR count). The van der Waals surface area contributed by atoms with Crippen LogP contribution in [0.1, 0.15) is 12.8 Å². The molecule has 2 unspecified atom stereocenters. The first-order valence-corrected chi connectivity index (χ1v) is 10.4. The summed E-state index contributed by atoms with van der Waals surface area (Å²) in [4.78, 5) is 12.3. The third-order valence-electron chi connectivity index (χ3n) is 5.29. The molecular weight excluding hydrogens is 403 g/mol. The molecule has 2 aliphatic rings. The molecule has 0 aromatic heterocycles. The van der Waals surface area contributed by atoms with Gasteiger partial charge in [-0.2, -0.15) is 4.72 Å². The van der Waals surface area contributed by atoms with Crippen molar-refractivity contribution in [3.05, 3.63) is 54.3 Å². The third kappa shape index (κ3) is 3.77. The first-order valence-electron chi connectivity index (χ1n) is 8.91. The number of ether oxygens (including phenoxy) is 2. The van der Waals surface area contributed by atoms with Crippen molar-refractivity contribution in [2.75, 3.05) is 6.79 Å². The van der Waals surface area contributed by atoms with Crippen molar-refractivity contribution in [1.82, 2.24) is 10.2 Å². The van der Waals surface area contributed by atoms with Gasteiger partial charge in [-0.1, -0.05) is 24.3 Å². The maximum Gasteiger partial charge on any atom is 0.264 e. The average molecular weight is 422 g/mol. The van der Waals surface area contributed by atoms with Crippen LogP contribution in [0.2, 0.25) is 0 Å². The third-order valence-corrected chi connectivity index (χ3v) is 6.84. The van der Waals surface area contributed by atoms with Crippen LogP contribution < -0.4 is 10.2 Å². The molecule has 1 heterocycles. The highest BCUT2D eigenvalue weighted by Gasteiger charge is 2.55. The number of hydrogen-bond donors (Lipinski definition) is 3. The predicted octanol–water partition coefficient (Wildman–Crippen LogP) is 1.55. The van der Waals surface area contributed by atoms with E-state index in [1.54, 1.807) is 24.3 Å². The Morgan fingerprint density at radius 3 is 2.03 bits per heavy atom. The highest BCUT2D eigenvalue weighted by Crippen LogP contribution is 2.38. The van der Waals surface area contributed by atoms with Crippen molar-refractivity contribution in [1.29, 1.82) is 0 Å². The van der Waals surface area contributed by atoms with Gasteiger partial charge in [0.05, 0.1) is 17.1 Å². The summed E-state index contributed by atoms with van der Waals surface area (Å²) in [6, 6.07) is 11.8. The van der Waals surface area contributed by atoms with E-state index in [1.165, 1.54) is 29.7 Å². The number of hydroxylamine groups is 1. The fourth-order valence-corrected chi connectivity index (χ4v) is 5.17. The van der Waals surface area contributed by atoms with Gasteiger partial charge >= 0.3 is 0 Å². The molecule has 2 atom stereocenters. The SMILES string of the molecule is O=C(NO)C1(NS(=O)(=O)c2ccc(-c3ccc(F)cc3)cc2)CC2OCOC2C1. The second-order valence-electron chi connectivity index (χ2n) is 7.10. The average Bonchev–Trinajstić information content (AvgIpc) is 3.27. The van der Waals surface area contributed by atoms with Crippen molar-refractivity contribution in [3.8, 4) is 11.1 Å². The van der Waals surface area contributed by atoms with E-state index in [9.17, 15) is 17.6 Å². The van der Waals surface area contributed by atoms with E-state index >= 15 is 0 Å². The Labute approximate surface area is 166 Å². The lowest BCUT2D eigenvalue weighted by Gasteiger charge is -2.28. The van der Waals surface area contributed by atoms with Gasteiger partial charge in [-0.25, -0.2) is 18.3 Å². The Morgan fingerprint density at radius 1 is 1.00 bits per heavy atom. The summed E-state index contributed by atoms with van der Waals surface area (Å²) in [6.07, 6.45) is -0.792. The summed E-state index contributed by atoms with van der Waals surface area (Å²) in [6.45, 7) is 0.0871. The predicted molar refractivity (Wildman–Crippen MR) is 98.7 cm³/mol. The molecule has 10 heteroatoms. The van der Waals surface area contributed by atoms with Crippen LogP contribution in [0.15, 0.2) is 53.4 Å². The quantitative estimate of drug-likeness (QED) is 0.498. The van der Waals surface area contributed by atoms with Gasteiger partial charge in [-0.3, -0.25) is 10.0 Å². The molecule has 2 aromatic carbocycles. The molecule has 154 valence electrons. The topological polar surface area (TPSA) is 114 Å². The number of sulfonamides is 1. The molecule has 2 fully saturated rings. The van der Waals surface area contributed by atoms with E-state index in [1.807, 2.05) is 0 Å². The molecule has 1 saturated carbocycles. The fraction of sp³-hybridized carbons (Fsp3) is 0.316. The second-order valence-corrected chi connectivity index (χ2v) is 8.78. The Kier molecular flexibility index (Phi) is 5.13. The molecule has 0 spiro atoms. The van der Waals surface area contributed by atoms with Crippen molar-refractivity contribution < 1.29 is 32.3 Å². The number of amides is 1. The lowest BCUT2D eigenvalue weighted by molar-refractivity contribution is -0.136. The molecule has 29 heavy (non-hydrogen) atoms. The second kappa shape index (κ2) is 7.47. The maximum absolute atomic E-state index is 13.1. The van der Waals surface area contributed by atoms with Gasteiger partial charge in [0.2, 0.25) is 10.0 Å². The van der Waals surface area contributed by atoms with E-state index < -0.39 is 33.7 Å². The van der Waals surface area contributed by atoms with Crippen LogP contribution in [-0.2, 0) is 24.3 Å². The minimum atomic E-state index is -4.09. The molecule has 3 N–H and O–H groups in total. The van der Waals surface area contributed by atoms with Crippen LogP contribution in [-0.4, -0.2) is 44.1 Å². The van der Waals surface area contributed by atoms with Gasteiger partial charge in [0.25, 0.3) is 5.91 Å². The number of fused-ring (bicyclic) bond motifs is 1. The highest BCUT2D eigenvalue weighted by molar-refractivity contribution is 7.89. The summed E-state index contributed by atoms with van der Waals surface area (Å²) in [5.41, 5.74) is 1.40. The number of rotatable bonds is 5. The van der Waals surface area contributed by atoms with Crippen molar-refractivity contribution in [2.45, 2.75) is 35.5 Å². The number of halogens is 1. The van der Waals surface area contributed by atoms with Crippen molar-refractivity contribution >= 4 is 15.9 Å². The lowest BCUT2D eigenvalue weighted by Crippen LogP contribution is -2.57. The smallest absolute Gasteiger partial charge is 0.264 e. The number of nitrogens with one attached hydrogen (secondary N) is 2. The molecule has 8 nitrogen and oxygen atoms in total. The standard InChI is InChI=1S/C19H19FN2O6S/c20-14-5-1-12(2-6-14)13-3-7-15(8-4-13)29(25,26)22-19(18(23)21-24)9-16-17(10-19)28-11-27-16/h1-8,16-17,22,24H,9-11H2,(H,21,23). The molecule has 2 aromatic rings. The van der Waals surface area contributed by atoms with Gasteiger partial charge in [-0.05, 0) is 35.4 Å². The molecule has 1 aliphatic heterocycles. The Bertz CT molecular complexity index is 998. The largest absolute Gasteiger partial charge is 0.349 e. The zero-order chi connectivity index (χ0) is 20.6. The normalized spacial score (nSPS) is 26.3. The number of hydrogen-bond acceptors (Lipinski definition) is 6. The van der Waals surface area contributed by atoms with E-state index in [2.05, 4.69) is 4.72 Å². The summed E-state index contributed by atoms with van der Waals surface area (Å²) < 4.78 is 52.1. The minimum Gasteiger partial charge on any atom is -0.349 e. The summed E-state index contributed by atoms with van der Waals surface area (Å²) in [5.74, 6) is -1.23. The Morgan fingerprint density at radius 2 is 1.52 bits per heavy atom. The van der Waals surface area contributed by atoms with Crippen molar-refractivity contribution in [2.24, 2.45) is 0 Å². The summed E-state index contributed by atoms with van der Waals surface area (Å²) >= 11 is 0. The van der Waals surface area contributed by atoms with Crippen molar-refractivity contribution in [3.63, 3.8) is 0 Å². The maximum atomic E-state index is 13.1. The van der Waals surface area contributed by atoms with Gasteiger partial charge < -0.3 is 9.47 Å². The Balaban J connectivity index is 1.58. The van der Waals surface area contributed by atoms with Gasteiger partial charge in [0.1, 0.15) is 18.1 Å². The zero-order valence-corrected chi connectivity index (χ0v) is 16.0. The minimum absolute atomic E-state index is 0.0386. The molecular formula is C19H19FN2O6S. The lowest BCUT2D eigenvalue weighted by atomic mass is 9.98. The van der Waals surface area contributed by atoms with E-state index in [0.29, 0.717) is 5.56 Å². The first kappa shape index (κ1) is 19.9. The van der Waals surface area contributed by atoms with E-state index in [-0.39, 0.29) is 30.3 Å². The van der Waals surface area contributed by atoms with E-state index in [4.69, 9.17) is 14.7 Å². The van der Waals surface area contributed by atoms with Crippen LogP contribution in [0, 0.1) is 5.82 Å². The zero-order valence-electron chi connectivity index (χ0n) is 15.2. The molecule has 1 aliphatic carbocycles. The Hall–Kier alpha value is -2.37. The van der Waals surface area contributed by atoms with Crippen LogP contribution in [0.3, 0.4) is 0 Å². The number of carbonyl (C=O) groups is 1. The van der Waals surface area contributed by atoms with Gasteiger partial charge in [-0.15, -0.1) is 0 Å². The van der Waals surface area contributed by atoms with Crippen LogP contribution in [0.25, 0.3) is 11.1 Å². The van der Waals surface area contributed by atoms with Crippen LogP contribution in [0.4, 0.5) is 4.39 Å². The van der Waals surface area contributed by atoms with Crippen LogP contribution in [0.5, 0.6) is 0 Å². The molecule has 1 amide bonds. The highest BCUT2D eigenvalue weighted by atomic mass is 32.2. The monoisotopic (exact) mass is 422 g/mol. The number of carbonyl (C=O) groups excluding carboxylic acids is 1. The summed E-state index contributed by atoms with van der Waals surface area (Å²) in [5, 5.41) is 9.13. The van der Waals surface area contributed by atoms with E-state index in [0.717, 1.165) is 5.56 Å². The molecule has 0 bridgehead atoms.